The number of hydrogen-bond donors (Lipinski definition) is 0. The lowest BCUT2D eigenvalue weighted by Crippen LogP contribution is -1.97. The fourth-order valence-electron chi connectivity index (χ4n) is 6.16. The van der Waals surface area contributed by atoms with Crippen molar-refractivity contribution in [2.24, 2.45) is 0 Å². The fourth-order valence-corrected chi connectivity index (χ4v) is 6.16. The molecule has 6 rings (SSSR count). The van der Waals surface area contributed by atoms with E-state index in [0.29, 0.717) is 0 Å². The number of rotatable bonds is 11. The topological polar surface area (TPSA) is 0 Å². The van der Waals surface area contributed by atoms with E-state index in [0.717, 1.165) is 69.4 Å². The van der Waals surface area contributed by atoms with E-state index in [1.165, 1.54) is 27.8 Å². The molecule has 0 heterocycles. The third kappa shape index (κ3) is 7.80. The molecule has 0 fully saturated rings. The van der Waals surface area contributed by atoms with Gasteiger partial charge in [-0.15, -0.1) is 0 Å². The molecule has 5 aromatic rings. The summed E-state index contributed by atoms with van der Waals surface area (Å²) in [4.78, 5) is 0. The number of benzene rings is 5. The normalized spacial score (nSPS) is 12.7. The van der Waals surface area contributed by atoms with Crippen LogP contribution in [0.15, 0.2) is 177 Å². The highest BCUT2D eigenvalue weighted by Crippen LogP contribution is 2.35. The van der Waals surface area contributed by atoms with E-state index in [1.807, 2.05) is 6.07 Å². The minimum atomic E-state index is 0.816. The van der Waals surface area contributed by atoms with E-state index in [4.69, 9.17) is 0 Å². The second-order valence-corrected chi connectivity index (χ2v) is 12.4. The van der Waals surface area contributed by atoms with Gasteiger partial charge < -0.3 is 0 Å². The quantitative estimate of drug-likeness (QED) is 0.129. The first-order valence-electron chi connectivity index (χ1n) is 16.7. The fraction of sp³-hybridized carbons (Fsp3) is 0.0833. The lowest BCUT2D eigenvalue weighted by atomic mass is 9.87. The minimum absolute atomic E-state index is 0.816. The first-order chi connectivity index (χ1) is 23.5. The van der Waals surface area contributed by atoms with Crippen LogP contribution >= 0.6 is 0 Å². The third-order valence-electron chi connectivity index (χ3n) is 8.94. The molecule has 0 saturated carbocycles. The van der Waals surface area contributed by atoms with Gasteiger partial charge in [0, 0.05) is 0 Å². The van der Waals surface area contributed by atoms with Crippen LogP contribution in [0.4, 0.5) is 0 Å². The summed E-state index contributed by atoms with van der Waals surface area (Å²) in [6.07, 6.45) is 18.4. The molecule has 0 unspecified atom stereocenters. The maximum atomic E-state index is 4.60. The summed E-state index contributed by atoms with van der Waals surface area (Å²) < 4.78 is 0. The highest BCUT2D eigenvalue weighted by molar-refractivity contribution is 5.91. The summed E-state index contributed by atoms with van der Waals surface area (Å²) in [7, 11) is 0. The van der Waals surface area contributed by atoms with Crippen LogP contribution in [0.25, 0.3) is 40.0 Å². The predicted molar refractivity (Wildman–Crippen MR) is 210 cm³/mol. The Bertz CT molecular complexity index is 2090. The molecule has 0 spiro atoms. The Hall–Kier alpha value is -5.72. The smallest absolute Gasteiger partial charge is 0.00937 e. The van der Waals surface area contributed by atoms with Crippen molar-refractivity contribution < 1.29 is 0 Å². The molecule has 0 aliphatic heterocycles. The van der Waals surface area contributed by atoms with E-state index in [2.05, 4.69) is 184 Å². The van der Waals surface area contributed by atoms with E-state index in [1.54, 1.807) is 0 Å². The van der Waals surface area contributed by atoms with E-state index in [-0.39, 0.29) is 0 Å². The van der Waals surface area contributed by atoms with Gasteiger partial charge in [0.2, 0.25) is 0 Å². The molecule has 0 aromatic heterocycles. The van der Waals surface area contributed by atoms with Gasteiger partial charge in [0.1, 0.15) is 0 Å². The van der Waals surface area contributed by atoms with Crippen molar-refractivity contribution in [1.29, 1.82) is 0 Å². The first kappa shape index (κ1) is 32.2. The molecule has 0 N–H and O–H groups in total. The molecule has 0 bridgehead atoms. The summed E-state index contributed by atoms with van der Waals surface area (Å²) in [5.41, 5.74) is 15.8. The van der Waals surface area contributed by atoms with Crippen LogP contribution in [0.5, 0.6) is 0 Å². The van der Waals surface area contributed by atoms with Gasteiger partial charge in [-0.1, -0.05) is 171 Å². The van der Waals surface area contributed by atoms with Gasteiger partial charge >= 0.3 is 0 Å². The summed E-state index contributed by atoms with van der Waals surface area (Å²) in [6.45, 7) is 15.7. The van der Waals surface area contributed by atoms with Crippen molar-refractivity contribution in [1.82, 2.24) is 0 Å². The van der Waals surface area contributed by atoms with Crippen LogP contribution in [0, 0.1) is 6.92 Å². The second kappa shape index (κ2) is 15.2. The maximum Gasteiger partial charge on any atom is -0.00937 e. The Morgan fingerprint density at radius 1 is 0.646 bits per heavy atom. The molecule has 234 valence electrons. The summed E-state index contributed by atoms with van der Waals surface area (Å²) >= 11 is 0. The van der Waals surface area contributed by atoms with Gasteiger partial charge in [0.25, 0.3) is 0 Å². The molecule has 0 saturated heterocycles. The number of aryl methyl sites for hydroxylation is 1. The summed E-state index contributed by atoms with van der Waals surface area (Å²) in [5, 5.41) is 0. The van der Waals surface area contributed by atoms with Crippen molar-refractivity contribution in [2.75, 3.05) is 0 Å². The average Bonchev–Trinajstić information content (AvgIpc) is 3.14. The number of hydrogen-bond acceptors (Lipinski definition) is 0. The largest absolute Gasteiger partial charge is 0.0912 e. The van der Waals surface area contributed by atoms with Gasteiger partial charge in [-0.05, 0) is 116 Å². The molecule has 0 nitrogen and oxygen atoms in total. The molecule has 0 atom stereocenters. The zero-order valence-electron chi connectivity index (χ0n) is 27.8. The molecule has 0 radical (unpaired) electrons. The first-order valence-corrected chi connectivity index (χ1v) is 16.7. The van der Waals surface area contributed by atoms with Crippen molar-refractivity contribution in [3.63, 3.8) is 0 Å². The van der Waals surface area contributed by atoms with Crippen LogP contribution in [0.1, 0.15) is 57.3 Å². The van der Waals surface area contributed by atoms with E-state index in [9.17, 15) is 0 Å². The standard InChI is InChI=1S/C48H42/c1-35-17-11-12-22-41(35)30-29-36(2)45-31-40(21-15-20-39-18-7-5-8-19-39)32-46(34-45)44-26-16-25-43(33-44)38(4)48-28-14-13-27-47(48)37(3)42-23-9-6-10-24-42/h5,7-9,11-20,22-34H,2-4,6,10,21H2,1H3/b20-15-,30-29-. The monoisotopic (exact) mass is 618 g/mol. The molecular weight excluding hydrogens is 577 g/mol. The van der Waals surface area contributed by atoms with Crippen molar-refractivity contribution >= 4 is 28.9 Å². The lowest BCUT2D eigenvalue weighted by Gasteiger charge is -2.17. The van der Waals surface area contributed by atoms with Crippen molar-refractivity contribution in [2.45, 2.75) is 26.2 Å². The van der Waals surface area contributed by atoms with Gasteiger partial charge in [0.15, 0.2) is 0 Å². The van der Waals surface area contributed by atoms with Crippen LogP contribution in [0.3, 0.4) is 0 Å². The van der Waals surface area contributed by atoms with Crippen molar-refractivity contribution in [3.8, 4) is 11.1 Å². The molecule has 48 heavy (non-hydrogen) atoms. The highest BCUT2D eigenvalue weighted by Gasteiger charge is 2.14. The molecule has 1 aliphatic carbocycles. The Morgan fingerprint density at radius 3 is 2.15 bits per heavy atom. The molecule has 0 amide bonds. The molecule has 5 aromatic carbocycles. The Labute approximate surface area is 286 Å². The molecule has 0 heteroatoms. The number of allylic oxidation sites excluding steroid dienone is 8. The Kier molecular flexibility index (Phi) is 10.2. The lowest BCUT2D eigenvalue weighted by molar-refractivity contribution is 1.03. The molecular formula is C48H42. The zero-order chi connectivity index (χ0) is 33.3. The third-order valence-corrected chi connectivity index (χ3v) is 8.94. The highest BCUT2D eigenvalue weighted by atomic mass is 14.2. The van der Waals surface area contributed by atoms with Crippen LogP contribution in [0.2, 0.25) is 0 Å². The van der Waals surface area contributed by atoms with Crippen LogP contribution in [-0.2, 0) is 6.42 Å². The Balaban J connectivity index is 1.34. The average molecular weight is 619 g/mol. The van der Waals surface area contributed by atoms with E-state index < -0.39 is 0 Å². The van der Waals surface area contributed by atoms with Gasteiger partial charge in [-0.3, -0.25) is 0 Å². The predicted octanol–water partition coefficient (Wildman–Crippen LogP) is 13.0. The molecule has 1 aliphatic rings. The van der Waals surface area contributed by atoms with Gasteiger partial charge in [-0.25, -0.2) is 0 Å². The van der Waals surface area contributed by atoms with Crippen LogP contribution < -0.4 is 0 Å². The summed E-state index contributed by atoms with van der Waals surface area (Å²) in [5.74, 6) is 0. The minimum Gasteiger partial charge on any atom is -0.0912 e. The van der Waals surface area contributed by atoms with Gasteiger partial charge in [0.05, 0.1) is 0 Å². The second-order valence-electron chi connectivity index (χ2n) is 12.4. The Morgan fingerprint density at radius 2 is 1.38 bits per heavy atom. The van der Waals surface area contributed by atoms with Gasteiger partial charge in [-0.2, -0.15) is 0 Å². The van der Waals surface area contributed by atoms with Crippen LogP contribution in [-0.4, -0.2) is 0 Å². The summed E-state index contributed by atoms with van der Waals surface area (Å²) in [6, 6.07) is 42.9. The maximum absolute atomic E-state index is 4.60. The SMILES string of the molecule is C=C(/C=C\c1ccccc1C)c1cc(C/C=C\c2ccccc2)cc(-c2cccc(C(=C)c3ccccc3C(=C)C3=CCCC=C3)c2)c1. The zero-order valence-corrected chi connectivity index (χ0v) is 27.8. The van der Waals surface area contributed by atoms with Crippen molar-refractivity contribution in [3.05, 3.63) is 222 Å². The van der Waals surface area contributed by atoms with E-state index >= 15 is 0 Å².